The molecule has 2 aromatic rings. The van der Waals surface area contributed by atoms with Crippen molar-refractivity contribution in [1.82, 2.24) is 10.9 Å². The van der Waals surface area contributed by atoms with Gasteiger partial charge in [0.25, 0.3) is 5.91 Å². The zero-order chi connectivity index (χ0) is 23.0. The number of thiocarbonyl (C=S) groups is 1. The quantitative estimate of drug-likeness (QED) is 0.158. The number of nitrogens with one attached hydrogen (secondary N) is 3. The number of nitrogens with two attached hydrogens (primary N) is 1. The lowest BCUT2D eigenvalue weighted by molar-refractivity contribution is -0.115. The molecule has 0 atom stereocenters. The minimum Gasteiger partial charge on any atom is -0.321 e. The van der Waals surface area contributed by atoms with Gasteiger partial charge in [0.1, 0.15) is 5.71 Å². The molecule has 10 heteroatoms. The van der Waals surface area contributed by atoms with E-state index < -0.39 is 5.91 Å². The van der Waals surface area contributed by atoms with Gasteiger partial charge in [-0.05, 0) is 73.1 Å². The maximum absolute atomic E-state index is 12.8. The molecule has 0 spiro atoms. The van der Waals surface area contributed by atoms with Crippen LogP contribution in [0.3, 0.4) is 0 Å². The van der Waals surface area contributed by atoms with E-state index in [-0.39, 0.29) is 23.0 Å². The number of hydrazine groups is 1. The molecule has 0 unspecified atom stereocenters. The van der Waals surface area contributed by atoms with Gasteiger partial charge in [-0.2, -0.15) is 5.10 Å². The molecule has 0 heterocycles. The number of aryl methyl sites for hydroxylation is 1. The molecule has 7 nitrogen and oxygen atoms in total. The van der Waals surface area contributed by atoms with E-state index in [9.17, 15) is 9.59 Å². The molecule has 0 aliphatic heterocycles. The average molecular weight is 478 g/mol. The van der Waals surface area contributed by atoms with Crippen molar-refractivity contribution >= 4 is 69.7 Å². The highest BCUT2D eigenvalue weighted by atomic mass is 35.5. The van der Waals surface area contributed by atoms with Crippen LogP contribution in [0.1, 0.15) is 23.1 Å². The number of amides is 1. The molecule has 0 fully saturated rings. The van der Waals surface area contributed by atoms with Crippen LogP contribution in [-0.2, 0) is 9.59 Å². The van der Waals surface area contributed by atoms with Crippen LogP contribution in [0.4, 0.5) is 5.69 Å². The van der Waals surface area contributed by atoms with Crippen LogP contribution in [0.15, 0.2) is 47.6 Å². The third kappa shape index (κ3) is 7.45. The summed E-state index contributed by atoms with van der Waals surface area (Å²) in [6.45, 7) is 3.82. The zero-order valence-corrected chi connectivity index (χ0v) is 19.2. The SMILES string of the molecule is Cc1cccc(NC(=O)/C(CC(=O)/C=C/c2ccc(Cl)cc2Cl)=N/NC(=S)NN)c1C. The van der Waals surface area contributed by atoms with Crippen LogP contribution in [0.2, 0.25) is 10.0 Å². The first-order chi connectivity index (χ1) is 14.7. The normalized spacial score (nSPS) is 11.3. The van der Waals surface area contributed by atoms with Gasteiger partial charge in [0, 0.05) is 15.7 Å². The highest BCUT2D eigenvalue weighted by Gasteiger charge is 2.17. The van der Waals surface area contributed by atoms with Crippen molar-refractivity contribution in [2.24, 2.45) is 10.9 Å². The highest BCUT2D eigenvalue weighted by Crippen LogP contribution is 2.22. The maximum Gasteiger partial charge on any atom is 0.272 e. The summed E-state index contributed by atoms with van der Waals surface area (Å²) in [5.74, 6) is 4.29. The van der Waals surface area contributed by atoms with Crippen molar-refractivity contribution in [3.05, 3.63) is 69.2 Å². The van der Waals surface area contributed by atoms with Gasteiger partial charge in [-0.15, -0.1) is 0 Å². The summed E-state index contributed by atoms with van der Waals surface area (Å²) in [7, 11) is 0. The molecule has 0 bridgehead atoms. The second-order valence-electron chi connectivity index (χ2n) is 6.49. The number of allylic oxidation sites excluding steroid dienone is 1. The molecule has 0 saturated carbocycles. The Hall–Kier alpha value is -2.78. The standard InChI is InChI=1S/C21H21Cl2N5O2S/c1-12-4-3-5-18(13(12)2)25-20(30)19(27-28-21(31)26-24)11-16(29)9-7-14-6-8-15(22)10-17(14)23/h3-10H,11,24H2,1-2H3,(H,25,30)(H2,26,28,31)/b9-7+,27-19+. The van der Waals surface area contributed by atoms with E-state index in [1.54, 1.807) is 30.3 Å². The van der Waals surface area contributed by atoms with Crippen LogP contribution >= 0.6 is 35.4 Å². The average Bonchev–Trinajstić information content (AvgIpc) is 2.73. The fourth-order valence-corrected chi connectivity index (χ4v) is 2.96. The summed E-state index contributed by atoms with van der Waals surface area (Å²) in [5.41, 5.74) is 7.71. The maximum atomic E-state index is 12.8. The van der Waals surface area contributed by atoms with Crippen molar-refractivity contribution in [2.45, 2.75) is 20.3 Å². The molecule has 1 amide bonds. The molecule has 0 aliphatic carbocycles. The smallest absolute Gasteiger partial charge is 0.272 e. The Labute approximate surface area is 195 Å². The fraction of sp³-hybridized carbons (Fsp3) is 0.143. The molecule has 162 valence electrons. The first-order valence-electron chi connectivity index (χ1n) is 9.08. The number of ketones is 1. The Morgan fingerprint density at radius 2 is 1.94 bits per heavy atom. The van der Waals surface area contributed by atoms with Gasteiger partial charge in [0.2, 0.25) is 5.11 Å². The van der Waals surface area contributed by atoms with E-state index >= 15 is 0 Å². The number of carbonyl (C=O) groups is 2. The largest absolute Gasteiger partial charge is 0.321 e. The summed E-state index contributed by atoms with van der Waals surface area (Å²) >= 11 is 16.9. The second kappa shape index (κ2) is 11.6. The van der Waals surface area contributed by atoms with Crippen LogP contribution in [0.5, 0.6) is 0 Å². The molecule has 2 rings (SSSR count). The molecule has 0 radical (unpaired) electrons. The van der Waals surface area contributed by atoms with Crippen molar-refractivity contribution < 1.29 is 9.59 Å². The van der Waals surface area contributed by atoms with Crippen molar-refractivity contribution in [1.29, 1.82) is 0 Å². The molecule has 0 aliphatic rings. The van der Waals surface area contributed by atoms with Gasteiger partial charge in [0.05, 0.1) is 6.42 Å². The Balaban J connectivity index is 2.19. The van der Waals surface area contributed by atoms with Crippen molar-refractivity contribution in [3.8, 4) is 0 Å². The summed E-state index contributed by atoms with van der Waals surface area (Å²) in [4.78, 5) is 25.3. The number of hydrazone groups is 1. The van der Waals surface area contributed by atoms with Crippen LogP contribution < -0.4 is 22.0 Å². The summed E-state index contributed by atoms with van der Waals surface area (Å²) in [6, 6.07) is 10.4. The number of benzene rings is 2. The highest BCUT2D eigenvalue weighted by molar-refractivity contribution is 7.80. The fourth-order valence-electron chi connectivity index (χ4n) is 2.45. The van der Waals surface area contributed by atoms with E-state index in [2.05, 4.69) is 21.3 Å². The molecule has 0 saturated heterocycles. The van der Waals surface area contributed by atoms with Gasteiger partial charge in [0.15, 0.2) is 5.78 Å². The van der Waals surface area contributed by atoms with Gasteiger partial charge in [-0.1, -0.05) is 41.4 Å². The van der Waals surface area contributed by atoms with Gasteiger partial charge in [-0.25, -0.2) is 5.84 Å². The Morgan fingerprint density at radius 3 is 2.61 bits per heavy atom. The third-order valence-corrected chi connectivity index (χ3v) is 5.06. The number of hydrogen-bond donors (Lipinski definition) is 4. The summed E-state index contributed by atoms with van der Waals surface area (Å²) in [6.07, 6.45) is 2.58. The molecular weight excluding hydrogens is 457 g/mol. The first kappa shape index (κ1) is 24.5. The minimum atomic E-state index is -0.549. The lowest BCUT2D eigenvalue weighted by Gasteiger charge is -2.11. The van der Waals surface area contributed by atoms with Crippen LogP contribution in [0, 0.1) is 13.8 Å². The number of anilines is 1. The Bertz CT molecular complexity index is 1070. The third-order valence-electron chi connectivity index (χ3n) is 4.29. The van der Waals surface area contributed by atoms with Gasteiger partial charge in [-0.3, -0.25) is 20.4 Å². The number of rotatable bonds is 7. The monoisotopic (exact) mass is 477 g/mol. The van der Waals surface area contributed by atoms with Gasteiger partial charge >= 0.3 is 0 Å². The predicted molar refractivity (Wildman–Crippen MR) is 130 cm³/mol. The summed E-state index contributed by atoms with van der Waals surface area (Å²) in [5, 5.41) is 7.59. The first-order valence-corrected chi connectivity index (χ1v) is 10.2. The molecular formula is C21H21Cl2N5O2S. The molecule has 31 heavy (non-hydrogen) atoms. The predicted octanol–water partition coefficient (Wildman–Crippen LogP) is 3.92. The van der Waals surface area contributed by atoms with Crippen molar-refractivity contribution in [2.75, 3.05) is 5.32 Å². The number of halogens is 2. The topological polar surface area (TPSA) is 109 Å². The zero-order valence-electron chi connectivity index (χ0n) is 16.8. The lowest BCUT2D eigenvalue weighted by atomic mass is 10.1. The van der Waals surface area contributed by atoms with Gasteiger partial charge < -0.3 is 5.32 Å². The van der Waals surface area contributed by atoms with Crippen LogP contribution in [-0.4, -0.2) is 22.5 Å². The van der Waals surface area contributed by atoms with Crippen molar-refractivity contribution in [3.63, 3.8) is 0 Å². The second-order valence-corrected chi connectivity index (χ2v) is 7.74. The molecule has 5 N–H and O–H groups in total. The van der Waals surface area contributed by atoms with E-state index in [0.29, 0.717) is 21.3 Å². The number of hydrogen-bond acceptors (Lipinski definition) is 5. The number of carbonyl (C=O) groups excluding carboxylic acids is 2. The Morgan fingerprint density at radius 1 is 1.19 bits per heavy atom. The molecule has 0 aromatic heterocycles. The number of nitrogens with zero attached hydrogens (tertiary/aromatic N) is 1. The molecule has 2 aromatic carbocycles. The summed E-state index contributed by atoms with van der Waals surface area (Å²) < 4.78 is 0. The van der Waals surface area contributed by atoms with E-state index in [1.165, 1.54) is 6.08 Å². The van der Waals surface area contributed by atoms with E-state index in [0.717, 1.165) is 11.1 Å². The van der Waals surface area contributed by atoms with Crippen LogP contribution in [0.25, 0.3) is 6.08 Å². The minimum absolute atomic E-state index is 0.00651. The lowest BCUT2D eigenvalue weighted by Crippen LogP contribution is -2.38. The van der Waals surface area contributed by atoms with E-state index in [4.69, 9.17) is 41.3 Å². The Kier molecular flexibility index (Phi) is 9.14. The van der Waals surface area contributed by atoms with E-state index in [1.807, 2.05) is 26.0 Å².